The fourth-order valence-corrected chi connectivity index (χ4v) is 6.10. The maximum Gasteiger partial charge on any atom is 0.340 e. The Labute approximate surface area is 185 Å². The van der Waals surface area contributed by atoms with Crippen LogP contribution < -0.4 is 0 Å². The molecule has 5 heteroatoms. The molecule has 5 nitrogen and oxygen atoms in total. The quantitative estimate of drug-likeness (QED) is 0.653. The van der Waals surface area contributed by atoms with E-state index in [-0.39, 0.29) is 29.4 Å². The van der Waals surface area contributed by atoms with Crippen molar-refractivity contribution < 1.29 is 14.3 Å². The number of ether oxygens (including phenoxy) is 1. The molecule has 1 aliphatic heterocycles. The van der Waals surface area contributed by atoms with E-state index in [0.717, 1.165) is 42.9 Å². The van der Waals surface area contributed by atoms with E-state index in [1.807, 2.05) is 41.5 Å². The van der Waals surface area contributed by atoms with Crippen molar-refractivity contribution in [3.63, 3.8) is 0 Å². The first-order chi connectivity index (χ1) is 14.5. The number of carbonyl (C=O) groups excluding carboxylic acids is 2. The third kappa shape index (κ3) is 4.15. The van der Waals surface area contributed by atoms with Crippen molar-refractivity contribution in [3.8, 4) is 5.69 Å². The largest absolute Gasteiger partial charge is 0.452 e. The molecule has 0 radical (unpaired) electrons. The molecule has 2 bridgehead atoms. The van der Waals surface area contributed by atoms with Gasteiger partial charge < -0.3 is 14.2 Å². The van der Waals surface area contributed by atoms with Crippen LogP contribution in [0, 0.1) is 31.6 Å². The van der Waals surface area contributed by atoms with E-state index in [4.69, 9.17) is 4.74 Å². The zero-order chi connectivity index (χ0) is 22.6. The van der Waals surface area contributed by atoms with Gasteiger partial charge in [0.2, 0.25) is 0 Å². The van der Waals surface area contributed by atoms with Crippen LogP contribution in [0.25, 0.3) is 5.69 Å². The van der Waals surface area contributed by atoms with E-state index in [2.05, 4.69) is 39.8 Å². The van der Waals surface area contributed by atoms with Crippen LogP contribution >= 0.6 is 0 Å². The molecule has 2 atom stereocenters. The molecule has 2 aromatic rings. The second-order valence-corrected chi connectivity index (χ2v) is 10.8. The number of carbonyl (C=O) groups is 2. The molecule has 0 N–H and O–H groups in total. The first kappa shape index (κ1) is 21.7. The normalized spacial score (nSPS) is 24.3. The highest BCUT2D eigenvalue weighted by Gasteiger charge is 2.50. The van der Waals surface area contributed by atoms with Gasteiger partial charge in [-0.2, -0.15) is 0 Å². The van der Waals surface area contributed by atoms with Crippen LogP contribution in [-0.4, -0.2) is 40.5 Å². The minimum absolute atomic E-state index is 0.0767. The summed E-state index contributed by atoms with van der Waals surface area (Å²) in [5.41, 5.74) is 4.92. The summed E-state index contributed by atoms with van der Waals surface area (Å²) >= 11 is 0. The van der Waals surface area contributed by atoms with Crippen LogP contribution in [-0.2, 0) is 9.53 Å². The first-order valence-corrected chi connectivity index (χ1v) is 11.2. The molecule has 1 amide bonds. The predicted octanol–water partition coefficient (Wildman–Crippen LogP) is 4.99. The van der Waals surface area contributed by atoms with Crippen LogP contribution in [0.2, 0.25) is 0 Å². The smallest absolute Gasteiger partial charge is 0.340 e. The Balaban J connectivity index is 1.44. The van der Waals surface area contributed by atoms with Crippen molar-refractivity contribution in [3.05, 3.63) is 52.8 Å². The van der Waals surface area contributed by atoms with Crippen molar-refractivity contribution in [2.75, 3.05) is 13.2 Å². The summed E-state index contributed by atoms with van der Waals surface area (Å²) in [6.45, 7) is 13.4. The van der Waals surface area contributed by atoms with Gasteiger partial charge in [0, 0.05) is 29.7 Å². The van der Waals surface area contributed by atoms with Gasteiger partial charge in [-0.25, -0.2) is 4.79 Å². The van der Waals surface area contributed by atoms with Gasteiger partial charge in [-0.15, -0.1) is 0 Å². The van der Waals surface area contributed by atoms with Crippen molar-refractivity contribution in [2.45, 2.75) is 66.8 Å². The maximum absolute atomic E-state index is 12.9. The molecule has 1 aliphatic carbocycles. The molecule has 4 rings (SSSR count). The second kappa shape index (κ2) is 7.54. The van der Waals surface area contributed by atoms with Crippen molar-refractivity contribution in [1.82, 2.24) is 9.47 Å². The number of benzene rings is 1. The number of fused-ring (bicyclic) bond motifs is 2. The van der Waals surface area contributed by atoms with Crippen molar-refractivity contribution >= 4 is 11.9 Å². The third-order valence-corrected chi connectivity index (χ3v) is 7.01. The Morgan fingerprint density at radius 3 is 2.42 bits per heavy atom. The van der Waals surface area contributed by atoms with Crippen LogP contribution in [0.15, 0.2) is 30.3 Å². The third-order valence-electron chi connectivity index (χ3n) is 7.01. The lowest BCUT2D eigenvalue weighted by Crippen LogP contribution is -2.39. The van der Waals surface area contributed by atoms with Gasteiger partial charge in [0.1, 0.15) is 0 Å². The predicted molar refractivity (Wildman–Crippen MR) is 122 cm³/mol. The first-order valence-electron chi connectivity index (χ1n) is 11.2. The molecule has 2 aliphatic rings. The van der Waals surface area contributed by atoms with Crippen molar-refractivity contribution in [2.24, 2.45) is 10.8 Å². The molecule has 1 aromatic carbocycles. The van der Waals surface area contributed by atoms with Gasteiger partial charge in [0.05, 0.1) is 5.56 Å². The number of esters is 1. The maximum atomic E-state index is 12.9. The minimum atomic E-state index is -0.437. The highest BCUT2D eigenvalue weighted by Crippen LogP contribution is 2.52. The fourth-order valence-electron chi connectivity index (χ4n) is 6.10. The zero-order valence-electron chi connectivity index (χ0n) is 19.6. The van der Waals surface area contributed by atoms with Gasteiger partial charge in [-0.3, -0.25) is 4.79 Å². The number of hydrogen-bond acceptors (Lipinski definition) is 3. The molecular formula is C26H34N2O3. The lowest BCUT2D eigenvalue weighted by atomic mass is 9.65. The lowest BCUT2D eigenvalue weighted by Gasteiger charge is -2.39. The summed E-state index contributed by atoms with van der Waals surface area (Å²) in [5, 5.41) is 0. The number of likely N-dealkylation sites (tertiary alicyclic amines) is 1. The molecule has 0 spiro atoms. The summed E-state index contributed by atoms with van der Waals surface area (Å²) in [7, 11) is 0. The number of nitrogens with zero attached hydrogens (tertiary/aromatic N) is 2. The second-order valence-electron chi connectivity index (χ2n) is 10.8. The molecule has 2 fully saturated rings. The molecular weight excluding hydrogens is 388 g/mol. The van der Waals surface area contributed by atoms with Crippen LogP contribution in [0.1, 0.15) is 67.3 Å². The Hall–Kier alpha value is -2.56. The Bertz CT molecular complexity index is 1020. The van der Waals surface area contributed by atoms with E-state index in [9.17, 15) is 9.59 Å². The molecule has 2 heterocycles. The standard InChI is InChI=1S/C26H34N2O3/c1-17-7-9-20(10-8-17)28-18(2)11-22(19(28)3)24(30)31-14-23(29)27-16-26(6)13-21(27)12-25(4,5)15-26/h7-11,21H,12-16H2,1-6H3/t21-,26-/m0/s1. The average Bonchev–Trinajstić information content (AvgIpc) is 3.11. The summed E-state index contributed by atoms with van der Waals surface area (Å²) in [6, 6.07) is 10.3. The highest BCUT2D eigenvalue weighted by atomic mass is 16.5. The van der Waals surface area contributed by atoms with Crippen molar-refractivity contribution in [1.29, 1.82) is 0 Å². The SMILES string of the molecule is Cc1ccc(-n2c(C)cc(C(=O)OCC(=O)N3C[C@@]4(C)C[C@@H]3CC(C)(C)C4)c2C)cc1. The topological polar surface area (TPSA) is 51.5 Å². The van der Waals surface area contributed by atoms with Gasteiger partial charge in [-0.05, 0) is 69.1 Å². The van der Waals surface area contributed by atoms with E-state index in [1.165, 1.54) is 5.56 Å². The molecule has 1 saturated heterocycles. The summed E-state index contributed by atoms with van der Waals surface area (Å²) in [5.74, 6) is -0.513. The summed E-state index contributed by atoms with van der Waals surface area (Å²) < 4.78 is 7.54. The monoisotopic (exact) mass is 422 g/mol. The molecule has 1 saturated carbocycles. The average molecular weight is 423 g/mol. The number of hydrogen-bond donors (Lipinski definition) is 0. The Morgan fingerprint density at radius 1 is 1.06 bits per heavy atom. The summed E-state index contributed by atoms with van der Waals surface area (Å²) in [6.07, 6.45) is 3.19. The zero-order valence-corrected chi connectivity index (χ0v) is 19.6. The number of aryl methyl sites for hydroxylation is 2. The van der Waals surface area contributed by atoms with E-state index in [0.29, 0.717) is 5.56 Å². The van der Waals surface area contributed by atoms with Gasteiger partial charge in [-0.1, -0.05) is 38.5 Å². The molecule has 0 unspecified atom stereocenters. The Morgan fingerprint density at radius 2 is 1.74 bits per heavy atom. The number of rotatable bonds is 4. The fraction of sp³-hybridized carbons (Fsp3) is 0.538. The highest BCUT2D eigenvalue weighted by molar-refractivity contribution is 5.93. The minimum Gasteiger partial charge on any atom is -0.452 e. The van der Waals surface area contributed by atoms with E-state index in [1.54, 1.807) is 0 Å². The molecule has 31 heavy (non-hydrogen) atoms. The van der Waals surface area contributed by atoms with Crippen LogP contribution in [0.5, 0.6) is 0 Å². The number of aromatic nitrogens is 1. The number of amides is 1. The molecule has 166 valence electrons. The van der Waals surface area contributed by atoms with Gasteiger partial charge >= 0.3 is 5.97 Å². The van der Waals surface area contributed by atoms with E-state index < -0.39 is 5.97 Å². The Kier molecular flexibility index (Phi) is 5.27. The van der Waals surface area contributed by atoms with Crippen LogP contribution in [0.3, 0.4) is 0 Å². The summed E-state index contributed by atoms with van der Waals surface area (Å²) in [4.78, 5) is 27.7. The molecule has 1 aromatic heterocycles. The van der Waals surface area contributed by atoms with Gasteiger partial charge in [0.25, 0.3) is 5.91 Å². The lowest BCUT2D eigenvalue weighted by molar-refractivity contribution is -0.135. The van der Waals surface area contributed by atoms with E-state index >= 15 is 0 Å². The van der Waals surface area contributed by atoms with Crippen LogP contribution in [0.4, 0.5) is 0 Å². The van der Waals surface area contributed by atoms with Gasteiger partial charge in [0.15, 0.2) is 6.61 Å².